The van der Waals surface area contributed by atoms with E-state index in [-0.39, 0.29) is 5.75 Å². The van der Waals surface area contributed by atoms with Crippen molar-refractivity contribution >= 4 is 11.3 Å². The summed E-state index contributed by atoms with van der Waals surface area (Å²) in [6, 6.07) is 6.58. The molecular formula is C12H12F2N2OS. The molecule has 2 rings (SSSR count). The van der Waals surface area contributed by atoms with Crippen LogP contribution in [-0.4, -0.2) is 11.6 Å². The average molecular weight is 270 g/mol. The lowest BCUT2D eigenvalue weighted by molar-refractivity contribution is -0.0498. The van der Waals surface area contributed by atoms with E-state index >= 15 is 0 Å². The van der Waals surface area contributed by atoms with E-state index in [0.717, 1.165) is 10.6 Å². The molecule has 0 amide bonds. The Labute approximate surface area is 107 Å². The van der Waals surface area contributed by atoms with Crippen molar-refractivity contribution in [2.75, 3.05) is 0 Å². The second-order valence-corrected chi connectivity index (χ2v) is 4.53. The molecule has 0 fully saturated rings. The van der Waals surface area contributed by atoms with Crippen molar-refractivity contribution in [3.63, 3.8) is 0 Å². The molecule has 0 spiro atoms. The van der Waals surface area contributed by atoms with E-state index in [2.05, 4.69) is 15.0 Å². The molecule has 96 valence electrons. The smallest absolute Gasteiger partial charge is 0.387 e. The van der Waals surface area contributed by atoms with Gasteiger partial charge >= 0.3 is 6.61 Å². The molecule has 2 aromatic rings. The molecule has 0 aliphatic heterocycles. The third kappa shape index (κ3) is 4.05. The monoisotopic (exact) mass is 270 g/mol. The minimum atomic E-state index is -2.78. The molecule has 0 unspecified atom stereocenters. The van der Waals surface area contributed by atoms with Crippen LogP contribution in [0.15, 0.2) is 35.8 Å². The van der Waals surface area contributed by atoms with Crippen molar-refractivity contribution in [2.24, 2.45) is 0 Å². The Morgan fingerprint density at radius 3 is 2.61 bits per heavy atom. The van der Waals surface area contributed by atoms with Crippen LogP contribution in [0, 0.1) is 0 Å². The summed E-state index contributed by atoms with van der Waals surface area (Å²) in [4.78, 5) is 4.15. The molecule has 0 atom stereocenters. The molecule has 1 aromatic carbocycles. The minimum absolute atomic E-state index is 0.175. The number of halogens is 2. The Kier molecular flexibility index (Phi) is 4.60. The fraction of sp³-hybridized carbons (Fsp3) is 0.250. The quantitative estimate of drug-likeness (QED) is 0.876. The molecule has 0 aliphatic carbocycles. The van der Waals surface area contributed by atoms with Crippen LogP contribution in [-0.2, 0) is 13.1 Å². The lowest BCUT2D eigenvalue weighted by Gasteiger charge is -2.06. The summed E-state index contributed by atoms with van der Waals surface area (Å²) in [7, 11) is 0. The van der Waals surface area contributed by atoms with Gasteiger partial charge in [0.25, 0.3) is 0 Å². The first-order valence-electron chi connectivity index (χ1n) is 5.37. The Hall–Kier alpha value is -1.53. The molecule has 6 heteroatoms. The second-order valence-electron chi connectivity index (χ2n) is 3.55. The van der Waals surface area contributed by atoms with Gasteiger partial charge < -0.3 is 10.1 Å². The molecule has 0 radical (unpaired) electrons. The van der Waals surface area contributed by atoms with E-state index < -0.39 is 6.61 Å². The van der Waals surface area contributed by atoms with Gasteiger partial charge in [-0.2, -0.15) is 8.78 Å². The van der Waals surface area contributed by atoms with Gasteiger partial charge in [0.2, 0.25) is 0 Å². The van der Waals surface area contributed by atoms with Gasteiger partial charge in [-0.15, -0.1) is 11.3 Å². The molecule has 1 N–H and O–H groups in total. The van der Waals surface area contributed by atoms with E-state index in [0.29, 0.717) is 13.1 Å². The summed E-state index contributed by atoms with van der Waals surface area (Å²) in [5.74, 6) is 0.175. The topological polar surface area (TPSA) is 34.1 Å². The van der Waals surface area contributed by atoms with E-state index in [1.165, 1.54) is 12.1 Å². The third-order valence-electron chi connectivity index (χ3n) is 2.24. The van der Waals surface area contributed by atoms with Crippen LogP contribution in [0.4, 0.5) is 8.78 Å². The maximum absolute atomic E-state index is 11.9. The zero-order chi connectivity index (χ0) is 12.8. The summed E-state index contributed by atoms with van der Waals surface area (Å²) < 4.78 is 28.2. The van der Waals surface area contributed by atoms with Crippen LogP contribution in [0.2, 0.25) is 0 Å². The first-order valence-corrected chi connectivity index (χ1v) is 6.25. The molecule has 0 saturated carbocycles. The maximum atomic E-state index is 11.9. The normalized spacial score (nSPS) is 10.8. The summed E-state index contributed by atoms with van der Waals surface area (Å²) in [6.07, 6.45) is 1.76. The first kappa shape index (κ1) is 12.9. The molecule has 1 heterocycles. The minimum Gasteiger partial charge on any atom is -0.435 e. The largest absolute Gasteiger partial charge is 0.435 e. The molecule has 3 nitrogen and oxygen atoms in total. The van der Waals surface area contributed by atoms with Gasteiger partial charge in [0, 0.05) is 24.7 Å². The van der Waals surface area contributed by atoms with Crippen molar-refractivity contribution in [2.45, 2.75) is 19.7 Å². The van der Waals surface area contributed by atoms with Crippen molar-refractivity contribution in [3.8, 4) is 5.75 Å². The van der Waals surface area contributed by atoms with Crippen LogP contribution in [0.3, 0.4) is 0 Å². The maximum Gasteiger partial charge on any atom is 0.387 e. The lowest BCUT2D eigenvalue weighted by atomic mass is 10.2. The Balaban J connectivity index is 1.79. The molecule has 1 aromatic heterocycles. The van der Waals surface area contributed by atoms with Crippen LogP contribution < -0.4 is 10.1 Å². The number of benzene rings is 1. The van der Waals surface area contributed by atoms with E-state index in [9.17, 15) is 8.78 Å². The Morgan fingerprint density at radius 1 is 1.22 bits per heavy atom. The zero-order valence-corrected chi connectivity index (χ0v) is 10.3. The fourth-order valence-electron chi connectivity index (χ4n) is 1.44. The van der Waals surface area contributed by atoms with Crippen LogP contribution >= 0.6 is 11.3 Å². The predicted octanol–water partition coefficient (Wildman–Crippen LogP) is 3.03. The van der Waals surface area contributed by atoms with Crippen LogP contribution in [0.1, 0.15) is 10.6 Å². The Bertz CT molecular complexity index is 459. The standard InChI is InChI=1S/C12H12F2N2OS/c13-12(14)17-10-3-1-9(2-4-10)7-15-8-11-16-5-6-18-11/h1-6,12,15H,7-8H2. The SMILES string of the molecule is FC(F)Oc1ccc(CNCc2nccs2)cc1. The van der Waals surface area contributed by atoms with Gasteiger partial charge in [-0.3, -0.25) is 0 Å². The van der Waals surface area contributed by atoms with Gasteiger partial charge in [-0.25, -0.2) is 4.98 Å². The zero-order valence-electron chi connectivity index (χ0n) is 9.48. The number of hydrogen-bond acceptors (Lipinski definition) is 4. The highest BCUT2D eigenvalue weighted by Crippen LogP contribution is 2.14. The number of nitrogens with one attached hydrogen (secondary N) is 1. The molecular weight excluding hydrogens is 258 g/mol. The van der Waals surface area contributed by atoms with Crippen LogP contribution in [0.25, 0.3) is 0 Å². The summed E-state index contributed by atoms with van der Waals surface area (Å²) in [5, 5.41) is 6.17. The molecule has 0 bridgehead atoms. The molecule has 0 saturated heterocycles. The van der Waals surface area contributed by atoms with Crippen molar-refractivity contribution in [1.82, 2.24) is 10.3 Å². The average Bonchev–Trinajstić information content (AvgIpc) is 2.84. The van der Waals surface area contributed by atoms with E-state index in [4.69, 9.17) is 0 Å². The Morgan fingerprint density at radius 2 is 2.00 bits per heavy atom. The number of aromatic nitrogens is 1. The van der Waals surface area contributed by atoms with E-state index in [1.807, 2.05) is 5.38 Å². The number of hydrogen-bond donors (Lipinski definition) is 1. The van der Waals surface area contributed by atoms with Gasteiger partial charge in [0.05, 0.1) is 0 Å². The fourth-order valence-corrected chi connectivity index (χ4v) is 2.03. The summed E-state index contributed by atoms with van der Waals surface area (Å²) >= 11 is 1.59. The number of ether oxygens (including phenoxy) is 1. The lowest BCUT2D eigenvalue weighted by Crippen LogP contribution is -2.12. The van der Waals surface area contributed by atoms with Crippen molar-refractivity contribution in [1.29, 1.82) is 0 Å². The summed E-state index contributed by atoms with van der Waals surface area (Å²) in [6.45, 7) is -1.42. The van der Waals surface area contributed by atoms with Gasteiger partial charge in [-0.1, -0.05) is 12.1 Å². The van der Waals surface area contributed by atoms with Gasteiger partial charge in [-0.05, 0) is 17.7 Å². The highest BCUT2D eigenvalue weighted by molar-refractivity contribution is 7.09. The number of thiazole rings is 1. The molecule has 0 aliphatic rings. The molecule has 18 heavy (non-hydrogen) atoms. The van der Waals surface area contributed by atoms with Crippen molar-refractivity contribution < 1.29 is 13.5 Å². The second kappa shape index (κ2) is 6.42. The van der Waals surface area contributed by atoms with Crippen LogP contribution in [0.5, 0.6) is 5.75 Å². The van der Waals surface area contributed by atoms with E-state index in [1.54, 1.807) is 29.7 Å². The number of nitrogens with zero attached hydrogens (tertiary/aromatic N) is 1. The predicted molar refractivity (Wildman–Crippen MR) is 65.7 cm³/mol. The van der Waals surface area contributed by atoms with Crippen molar-refractivity contribution in [3.05, 3.63) is 46.4 Å². The number of alkyl halides is 2. The highest BCUT2D eigenvalue weighted by atomic mass is 32.1. The first-order chi connectivity index (χ1) is 8.74. The summed E-state index contributed by atoms with van der Waals surface area (Å²) in [5.41, 5.74) is 1.01. The number of rotatable bonds is 6. The highest BCUT2D eigenvalue weighted by Gasteiger charge is 2.03. The third-order valence-corrected chi connectivity index (χ3v) is 3.02. The van der Waals surface area contributed by atoms with Gasteiger partial charge in [0.1, 0.15) is 10.8 Å². The van der Waals surface area contributed by atoms with Gasteiger partial charge in [0.15, 0.2) is 0 Å².